The maximum absolute atomic E-state index is 12.6. The number of amides is 1. The summed E-state index contributed by atoms with van der Waals surface area (Å²) in [5.74, 6) is 0.611. The molecule has 1 aliphatic rings. The average molecular weight is 335 g/mol. The zero-order valence-electron chi connectivity index (χ0n) is 14.2. The Morgan fingerprint density at radius 2 is 2.00 bits per heavy atom. The summed E-state index contributed by atoms with van der Waals surface area (Å²) in [6, 6.07) is 11.7. The largest absolute Gasteiger partial charge is 0.341 e. The predicted molar refractivity (Wildman–Crippen MR) is 95.2 cm³/mol. The molecule has 0 spiro atoms. The number of nitrogens with zero attached hydrogens (tertiary/aromatic N) is 4. The highest BCUT2D eigenvalue weighted by molar-refractivity contribution is 5.95. The van der Waals surface area contributed by atoms with E-state index < -0.39 is 0 Å². The molecule has 128 valence electrons. The number of fused-ring (bicyclic) bond motifs is 1. The molecular formula is C19H21N5O. The van der Waals surface area contributed by atoms with Gasteiger partial charge in [-0.1, -0.05) is 37.1 Å². The van der Waals surface area contributed by atoms with E-state index in [0.717, 1.165) is 29.6 Å². The Morgan fingerprint density at radius 3 is 2.84 bits per heavy atom. The van der Waals surface area contributed by atoms with Gasteiger partial charge in [-0.3, -0.25) is 4.79 Å². The Hall–Kier alpha value is -2.76. The highest BCUT2D eigenvalue weighted by Gasteiger charge is 2.23. The molecule has 0 aliphatic heterocycles. The first-order chi connectivity index (χ1) is 12.2. The van der Waals surface area contributed by atoms with Crippen LogP contribution in [0, 0.1) is 0 Å². The molecule has 1 fully saturated rings. The highest BCUT2D eigenvalue weighted by Crippen LogP contribution is 2.31. The van der Waals surface area contributed by atoms with Crippen LogP contribution in [0.4, 0.5) is 0 Å². The van der Waals surface area contributed by atoms with E-state index in [0.29, 0.717) is 11.7 Å². The Labute approximate surface area is 146 Å². The lowest BCUT2D eigenvalue weighted by molar-refractivity contribution is 0.0932. The lowest BCUT2D eigenvalue weighted by Crippen LogP contribution is -2.29. The molecule has 6 nitrogen and oxygen atoms in total. The van der Waals surface area contributed by atoms with Crippen molar-refractivity contribution in [3.63, 3.8) is 0 Å². The molecule has 3 aromatic rings. The van der Waals surface area contributed by atoms with E-state index in [-0.39, 0.29) is 11.9 Å². The summed E-state index contributed by atoms with van der Waals surface area (Å²) in [4.78, 5) is 17.1. The quantitative estimate of drug-likeness (QED) is 0.793. The van der Waals surface area contributed by atoms with Crippen LogP contribution < -0.4 is 5.32 Å². The minimum absolute atomic E-state index is 0.195. The number of hydrogen-bond donors (Lipinski definition) is 1. The van der Waals surface area contributed by atoms with Crippen molar-refractivity contribution < 1.29 is 4.79 Å². The van der Waals surface area contributed by atoms with Crippen LogP contribution in [0.5, 0.6) is 0 Å². The number of aromatic nitrogens is 4. The summed E-state index contributed by atoms with van der Waals surface area (Å²) >= 11 is 0. The highest BCUT2D eigenvalue weighted by atomic mass is 16.1. The van der Waals surface area contributed by atoms with E-state index in [9.17, 15) is 4.79 Å². The molecule has 6 heteroatoms. The van der Waals surface area contributed by atoms with Crippen LogP contribution in [0.15, 0.2) is 42.7 Å². The summed E-state index contributed by atoms with van der Waals surface area (Å²) in [6.07, 6.45) is 6.56. The van der Waals surface area contributed by atoms with Gasteiger partial charge in [0, 0.05) is 11.4 Å². The lowest BCUT2D eigenvalue weighted by Gasteiger charge is -2.18. The van der Waals surface area contributed by atoms with E-state index in [2.05, 4.69) is 25.1 Å². The molecule has 1 saturated carbocycles. The van der Waals surface area contributed by atoms with Gasteiger partial charge in [-0.05, 0) is 31.9 Å². The number of hydrogen-bond acceptors (Lipinski definition) is 4. The topological polar surface area (TPSA) is 72.7 Å². The van der Waals surface area contributed by atoms with E-state index in [1.807, 2.05) is 37.3 Å². The minimum atomic E-state index is -0.219. The van der Waals surface area contributed by atoms with Crippen molar-refractivity contribution in [3.8, 4) is 0 Å². The number of rotatable bonds is 4. The molecule has 0 saturated heterocycles. The van der Waals surface area contributed by atoms with Gasteiger partial charge in [0.05, 0.1) is 11.6 Å². The molecule has 1 amide bonds. The monoisotopic (exact) mass is 335 g/mol. The van der Waals surface area contributed by atoms with Crippen LogP contribution in [-0.4, -0.2) is 25.7 Å². The molecule has 1 N–H and O–H groups in total. The van der Waals surface area contributed by atoms with E-state index in [1.54, 1.807) is 12.4 Å². The van der Waals surface area contributed by atoms with Crippen LogP contribution in [0.25, 0.3) is 10.9 Å². The van der Waals surface area contributed by atoms with E-state index >= 15 is 0 Å². The fourth-order valence-corrected chi connectivity index (χ4v) is 3.55. The molecule has 0 radical (unpaired) electrons. The Bertz CT molecular complexity index is 897. The minimum Gasteiger partial charge on any atom is -0.341 e. The van der Waals surface area contributed by atoms with Gasteiger partial charge in [0.2, 0.25) is 0 Å². The fraction of sp³-hybridized carbons (Fsp3) is 0.368. The molecule has 0 bridgehead atoms. The van der Waals surface area contributed by atoms with Gasteiger partial charge < -0.3 is 9.88 Å². The Kier molecular flexibility index (Phi) is 4.17. The van der Waals surface area contributed by atoms with Crippen LogP contribution in [0.2, 0.25) is 0 Å². The first kappa shape index (κ1) is 15.7. The number of nitrogens with one attached hydrogen (secondary N) is 1. The second kappa shape index (κ2) is 6.63. The van der Waals surface area contributed by atoms with Gasteiger partial charge in [0.15, 0.2) is 5.82 Å². The number of benzene rings is 1. The number of carbonyl (C=O) groups is 1. The van der Waals surface area contributed by atoms with Crippen LogP contribution in [-0.2, 0) is 0 Å². The van der Waals surface area contributed by atoms with Gasteiger partial charge >= 0.3 is 0 Å². The molecular weight excluding hydrogens is 314 g/mol. The molecule has 4 rings (SSSR count). The zero-order valence-corrected chi connectivity index (χ0v) is 14.2. The van der Waals surface area contributed by atoms with Gasteiger partial charge in [-0.2, -0.15) is 0 Å². The molecule has 1 unspecified atom stereocenters. The maximum atomic E-state index is 12.6. The summed E-state index contributed by atoms with van der Waals surface area (Å²) in [7, 11) is 0. The van der Waals surface area contributed by atoms with Crippen molar-refractivity contribution in [2.75, 3.05) is 0 Å². The van der Waals surface area contributed by atoms with Crippen molar-refractivity contribution in [1.29, 1.82) is 0 Å². The number of carbonyl (C=O) groups excluding carboxylic acids is 1. The third-order valence-corrected chi connectivity index (χ3v) is 4.88. The molecule has 2 heterocycles. The van der Waals surface area contributed by atoms with Gasteiger partial charge in [-0.15, -0.1) is 10.2 Å². The standard InChI is InChI=1S/C19H21N5O/c1-13(18-23-20-12-24(18)15-7-3-4-8-15)21-19(25)17-11-10-14-6-2-5-9-16(14)22-17/h2,5-6,9-13,15H,3-4,7-8H2,1H3,(H,21,25). The van der Waals surface area contributed by atoms with Crippen molar-refractivity contribution in [3.05, 3.63) is 54.2 Å². The third-order valence-electron chi connectivity index (χ3n) is 4.88. The number of para-hydroxylation sites is 1. The summed E-state index contributed by atoms with van der Waals surface area (Å²) < 4.78 is 2.12. The van der Waals surface area contributed by atoms with Crippen LogP contribution in [0.3, 0.4) is 0 Å². The fourth-order valence-electron chi connectivity index (χ4n) is 3.55. The second-order valence-corrected chi connectivity index (χ2v) is 6.62. The Balaban J connectivity index is 1.52. The van der Waals surface area contributed by atoms with Gasteiger partial charge in [0.1, 0.15) is 12.0 Å². The van der Waals surface area contributed by atoms with E-state index in [4.69, 9.17) is 0 Å². The molecule has 25 heavy (non-hydrogen) atoms. The molecule has 1 aliphatic carbocycles. The first-order valence-corrected chi connectivity index (χ1v) is 8.78. The maximum Gasteiger partial charge on any atom is 0.270 e. The summed E-state index contributed by atoms with van der Waals surface area (Å²) in [5.41, 5.74) is 1.23. The average Bonchev–Trinajstić information content (AvgIpc) is 3.32. The molecule has 1 aromatic carbocycles. The zero-order chi connectivity index (χ0) is 17.2. The predicted octanol–water partition coefficient (Wildman–Crippen LogP) is 3.43. The first-order valence-electron chi connectivity index (χ1n) is 8.78. The molecule has 1 atom stereocenters. The third kappa shape index (κ3) is 3.12. The van der Waals surface area contributed by atoms with Crippen molar-refractivity contribution in [2.24, 2.45) is 0 Å². The lowest BCUT2D eigenvalue weighted by atomic mass is 10.2. The normalized spacial score (nSPS) is 16.2. The Morgan fingerprint density at radius 1 is 1.20 bits per heavy atom. The molecule has 2 aromatic heterocycles. The van der Waals surface area contributed by atoms with Gasteiger partial charge in [-0.25, -0.2) is 4.98 Å². The summed E-state index contributed by atoms with van der Waals surface area (Å²) in [5, 5.41) is 12.3. The summed E-state index contributed by atoms with van der Waals surface area (Å²) in [6.45, 7) is 1.94. The van der Waals surface area contributed by atoms with E-state index in [1.165, 1.54) is 12.8 Å². The SMILES string of the molecule is CC(NC(=O)c1ccc2ccccc2n1)c1nncn1C1CCCC1. The van der Waals surface area contributed by atoms with Crippen molar-refractivity contribution >= 4 is 16.8 Å². The second-order valence-electron chi connectivity index (χ2n) is 6.62. The van der Waals surface area contributed by atoms with Crippen molar-refractivity contribution in [1.82, 2.24) is 25.1 Å². The van der Waals surface area contributed by atoms with Crippen molar-refractivity contribution in [2.45, 2.75) is 44.7 Å². The van der Waals surface area contributed by atoms with Crippen LogP contribution >= 0.6 is 0 Å². The smallest absolute Gasteiger partial charge is 0.270 e. The number of pyridine rings is 1. The van der Waals surface area contributed by atoms with Crippen LogP contribution in [0.1, 0.15) is 61.0 Å². The van der Waals surface area contributed by atoms with Gasteiger partial charge in [0.25, 0.3) is 5.91 Å².